The highest BCUT2D eigenvalue weighted by atomic mass is 19.3. The zero-order valence-electron chi connectivity index (χ0n) is 15.0. The van der Waals surface area contributed by atoms with Gasteiger partial charge in [-0.15, -0.1) is 0 Å². The standard InChI is InChI=1S/C17H25F2N3O3/c1-12-14(13(2)25-20-12)8-21-10-16(9-17(18,19)11-21)4-5-22(15(16)23)6-7-24-3/h4-11H2,1-3H3/t16-/m1/s1. The number of alkyl halides is 2. The molecule has 1 spiro atoms. The van der Waals surface area contributed by atoms with Crippen LogP contribution >= 0.6 is 0 Å². The van der Waals surface area contributed by atoms with Crippen molar-refractivity contribution in [1.82, 2.24) is 15.0 Å². The predicted molar refractivity (Wildman–Crippen MR) is 86.3 cm³/mol. The van der Waals surface area contributed by atoms with Crippen molar-refractivity contribution in [2.24, 2.45) is 5.41 Å². The Hall–Kier alpha value is -1.54. The molecule has 6 nitrogen and oxygen atoms in total. The highest BCUT2D eigenvalue weighted by Gasteiger charge is 2.56. The number of hydrogen-bond acceptors (Lipinski definition) is 5. The van der Waals surface area contributed by atoms with Crippen molar-refractivity contribution in [3.05, 3.63) is 17.0 Å². The molecule has 2 fully saturated rings. The van der Waals surface area contributed by atoms with E-state index in [9.17, 15) is 13.6 Å². The number of amides is 1. The van der Waals surface area contributed by atoms with Gasteiger partial charge >= 0.3 is 0 Å². The van der Waals surface area contributed by atoms with E-state index in [0.29, 0.717) is 50.7 Å². The van der Waals surface area contributed by atoms with Gasteiger partial charge in [0.05, 0.1) is 24.3 Å². The quantitative estimate of drug-likeness (QED) is 0.807. The zero-order chi connectivity index (χ0) is 18.2. The van der Waals surface area contributed by atoms with Crippen LogP contribution in [-0.2, 0) is 16.1 Å². The van der Waals surface area contributed by atoms with Gasteiger partial charge in [-0.2, -0.15) is 0 Å². The first kappa shape index (κ1) is 18.3. The van der Waals surface area contributed by atoms with E-state index >= 15 is 0 Å². The topological polar surface area (TPSA) is 58.8 Å². The van der Waals surface area contributed by atoms with E-state index in [1.165, 1.54) is 0 Å². The smallest absolute Gasteiger partial charge is 0.261 e. The summed E-state index contributed by atoms with van der Waals surface area (Å²) in [6, 6.07) is 0. The van der Waals surface area contributed by atoms with Crippen LogP contribution in [0.3, 0.4) is 0 Å². The molecule has 0 N–H and O–H groups in total. The number of hydrogen-bond donors (Lipinski definition) is 0. The van der Waals surface area contributed by atoms with Crippen LogP contribution < -0.4 is 0 Å². The van der Waals surface area contributed by atoms with Crippen LogP contribution in [0.5, 0.6) is 0 Å². The first-order chi connectivity index (χ1) is 11.8. The molecule has 2 aliphatic rings. The first-order valence-corrected chi connectivity index (χ1v) is 8.57. The zero-order valence-corrected chi connectivity index (χ0v) is 15.0. The van der Waals surface area contributed by atoms with E-state index in [0.717, 1.165) is 5.56 Å². The number of halogens is 2. The third kappa shape index (κ3) is 3.55. The van der Waals surface area contributed by atoms with Gasteiger partial charge in [-0.1, -0.05) is 5.16 Å². The monoisotopic (exact) mass is 357 g/mol. The molecule has 0 saturated carbocycles. The van der Waals surface area contributed by atoms with Crippen molar-refractivity contribution >= 4 is 5.91 Å². The molecule has 0 radical (unpaired) electrons. The Kier molecular flexibility index (Phi) is 4.85. The molecular weight excluding hydrogens is 332 g/mol. The van der Waals surface area contributed by atoms with Crippen LogP contribution in [0.25, 0.3) is 0 Å². The van der Waals surface area contributed by atoms with Gasteiger partial charge in [0.15, 0.2) is 0 Å². The Morgan fingerprint density at radius 1 is 1.32 bits per heavy atom. The minimum atomic E-state index is -2.88. The Morgan fingerprint density at radius 3 is 2.72 bits per heavy atom. The number of likely N-dealkylation sites (tertiary alicyclic amines) is 2. The van der Waals surface area contributed by atoms with E-state index in [1.807, 2.05) is 0 Å². The minimum Gasteiger partial charge on any atom is -0.383 e. The Balaban J connectivity index is 1.78. The first-order valence-electron chi connectivity index (χ1n) is 8.57. The fourth-order valence-corrected chi connectivity index (χ4v) is 4.10. The lowest BCUT2D eigenvalue weighted by Crippen LogP contribution is -2.55. The molecule has 0 aliphatic carbocycles. The van der Waals surface area contributed by atoms with Crippen molar-refractivity contribution in [1.29, 1.82) is 0 Å². The van der Waals surface area contributed by atoms with Crippen molar-refractivity contribution in [2.45, 2.75) is 39.2 Å². The van der Waals surface area contributed by atoms with Crippen LogP contribution in [0.2, 0.25) is 0 Å². The van der Waals surface area contributed by atoms with Crippen LogP contribution in [0, 0.1) is 19.3 Å². The molecule has 3 heterocycles. The number of rotatable bonds is 5. The molecule has 3 rings (SSSR count). The van der Waals surface area contributed by atoms with Crippen molar-refractivity contribution in [3.63, 3.8) is 0 Å². The van der Waals surface area contributed by atoms with E-state index in [4.69, 9.17) is 9.26 Å². The Labute approximate surface area is 146 Å². The van der Waals surface area contributed by atoms with Crippen LogP contribution in [0.4, 0.5) is 8.78 Å². The molecule has 1 aromatic rings. The molecule has 2 aliphatic heterocycles. The lowest BCUT2D eigenvalue weighted by Gasteiger charge is -2.42. The molecule has 0 bridgehead atoms. The second kappa shape index (κ2) is 6.64. The number of piperidine rings is 1. The highest BCUT2D eigenvalue weighted by Crippen LogP contribution is 2.46. The number of methoxy groups -OCH3 is 1. The average molecular weight is 357 g/mol. The summed E-state index contributed by atoms with van der Waals surface area (Å²) in [5.74, 6) is -2.42. The normalized spacial score (nSPS) is 26.8. The molecule has 0 unspecified atom stereocenters. The van der Waals surface area contributed by atoms with Crippen LogP contribution in [0.15, 0.2) is 4.52 Å². The molecule has 8 heteroatoms. The lowest BCUT2D eigenvalue weighted by atomic mass is 9.77. The van der Waals surface area contributed by atoms with E-state index in [1.54, 1.807) is 30.8 Å². The van der Waals surface area contributed by atoms with Gasteiger partial charge in [0.25, 0.3) is 5.92 Å². The highest BCUT2D eigenvalue weighted by molar-refractivity contribution is 5.85. The average Bonchev–Trinajstić information content (AvgIpc) is 2.99. The fraction of sp³-hybridized carbons (Fsp3) is 0.765. The van der Waals surface area contributed by atoms with Gasteiger partial charge in [0.2, 0.25) is 5.91 Å². The summed E-state index contributed by atoms with van der Waals surface area (Å²) in [6.07, 6.45) is 0.0870. The Bertz CT molecular complexity index is 630. The van der Waals surface area contributed by atoms with Crippen LogP contribution in [-0.4, -0.2) is 66.7 Å². The van der Waals surface area contributed by atoms with E-state index in [2.05, 4.69) is 5.16 Å². The van der Waals surface area contributed by atoms with Crippen molar-refractivity contribution in [2.75, 3.05) is 39.9 Å². The van der Waals surface area contributed by atoms with Gasteiger partial charge in [0, 0.05) is 45.3 Å². The minimum absolute atomic E-state index is 0.173. The summed E-state index contributed by atoms with van der Waals surface area (Å²) in [7, 11) is 1.57. The number of carbonyl (C=O) groups is 1. The number of aromatic nitrogens is 1. The third-order valence-electron chi connectivity index (χ3n) is 5.31. The summed E-state index contributed by atoms with van der Waals surface area (Å²) in [5.41, 5.74) is 0.531. The van der Waals surface area contributed by atoms with Gasteiger partial charge in [0.1, 0.15) is 5.76 Å². The molecule has 1 amide bonds. The largest absolute Gasteiger partial charge is 0.383 e. The van der Waals surface area contributed by atoms with E-state index in [-0.39, 0.29) is 18.9 Å². The predicted octanol–water partition coefficient (Wildman–Crippen LogP) is 2.00. The van der Waals surface area contributed by atoms with Gasteiger partial charge in [-0.05, 0) is 20.3 Å². The molecule has 25 heavy (non-hydrogen) atoms. The molecule has 1 aromatic heterocycles. The van der Waals surface area contributed by atoms with Gasteiger partial charge in [-0.25, -0.2) is 8.78 Å². The summed E-state index contributed by atoms with van der Waals surface area (Å²) < 4.78 is 39.1. The molecule has 140 valence electrons. The maximum atomic E-state index is 14.5. The maximum Gasteiger partial charge on any atom is 0.261 e. The summed E-state index contributed by atoms with van der Waals surface area (Å²) in [5, 5.41) is 3.89. The molecule has 1 atom stereocenters. The summed E-state index contributed by atoms with van der Waals surface area (Å²) in [4.78, 5) is 16.2. The number of nitrogens with zero attached hydrogens (tertiary/aromatic N) is 3. The number of aryl methyl sites for hydroxylation is 2. The molecule has 2 saturated heterocycles. The Morgan fingerprint density at radius 2 is 2.08 bits per heavy atom. The van der Waals surface area contributed by atoms with Gasteiger partial charge < -0.3 is 14.2 Å². The maximum absolute atomic E-state index is 14.5. The van der Waals surface area contributed by atoms with Crippen LogP contribution in [0.1, 0.15) is 29.9 Å². The van der Waals surface area contributed by atoms with Gasteiger partial charge in [-0.3, -0.25) is 9.69 Å². The fourth-order valence-electron chi connectivity index (χ4n) is 4.10. The summed E-state index contributed by atoms with van der Waals surface area (Å²) in [6.45, 7) is 5.28. The lowest BCUT2D eigenvalue weighted by molar-refractivity contribution is -0.155. The third-order valence-corrected chi connectivity index (χ3v) is 5.31. The molecule has 0 aromatic carbocycles. The van der Waals surface area contributed by atoms with Crippen molar-refractivity contribution in [3.8, 4) is 0 Å². The van der Waals surface area contributed by atoms with Crippen molar-refractivity contribution < 1.29 is 22.8 Å². The second-order valence-corrected chi connectivity index (χ2v) is 7.30. The summed E-state index contributed by atoms with van der Waals surface area (Å²) >= 11 is 0. The second-order valence-electron chi connectivity index (χ2n) is 7.30. The number of ether oxygens (including phenoxy) is 1. The molecular formula is C17H25F2N3O3. The SMILES string of the molecule is COCCN1CC[C@@]2(CN(Cc3c(C)noc3C)CC(F)(F)C2)C1=O. The number of carbonyl (C=O) groups excluding carboxylic acids is 1. The van der Waals surface area contributed by atoms with E-state index < -0.39 is 11.3 Å².